The highest BCUT2D eigenvalue weighted by molar-refractivity contribution is 8.18. The first-order valence-corrected chi connectivity index (χ1v) is 12.0. The van der Waals surface area contributed by atoms with Crippen LogP contribution < -0.4 is 9.47 Å². The van der Waals surface area contributed by atoms with Gasteiger partial charge in [-0.2, -0.15) is 0 Å². The molecule has 3 rings (SSSR count). The third kappa shape index (κ3) is 6.16. The van der Waals surface area contributed by atoms with Crippen LogP contribution in [0.5, 0.6) is 11.5 Å². The van der Waals surface area contributed by atoms with E-state index in [2.05, 4.69) is 13.8 Å². The Balaban J connectivity index is 1.86. The van der Waals surface area contributed by atoms with Crippen LogP contribution in [0.15, 0.2) is 52.4 Å². The van der Waals surface area contributed by atoms with E-state index < -0.39 is 0 Å². The van der Waals surface area contributed by atoms with Crippen molar-refractivity contribution in [3.8, 4) is 11.5 Å². The third-order valence-corrected chi connectivity index (χ3v) is 6.13. The second-order valence-electron chi connectivity index (χ2n) is 7.76. The van der Waals surface area contributed by atoms with Crippen LogP contribution in [0.1, 0.15) is 50.7 Å². The number of thioether (sulfide) groups is 1. The van der Waals surface area contributed by atoms with Crippen molar-refractivity contribution in [3.63, 3.8) is 0 Å². The summed E-state index contributed by atoms with van der Waals surface area (Å²) in [5.74, 6) is 1.39. The van der Waals surface area contributed by atoms with Crippen molar-refractivity contribution >= 4 is 34.6 Å². The van der Waals surface area contributed by atoms with E-state index in [1.54, 1.807) is 12.0 Å². The van der Waals surface area contributed by atoms with Gasteiger partial charge in [0.2, 0.25) is 0 Å². The van der Waals surface area contributed by atoms with Crippen molar-refractivity contribution in [1.29, 1.82) is 0 Å². The molecule has 0 saturated carbocycles. The van der Waals surface area contributed by atoms with E-state index in [-0.39, 0.29) is 5.91 Å². The van der Waals surface area contributed by atoms with Gasteiger partial charge in [0.25, 0.3) is 5.91 Å². The lowest BCUT2D eigenvalue weighted by molar-refractivity contribution is -0.122. The van der Waals surface area contributed by atoms with Gasteiger partial charge in [-0.3, -0.25) is 9.69 Å². The molecular formula is C26H32N2O3S. The SMILES string of the molecule is CCCCOc1ccc(/C=C2/SC(=Nc3ccc(C)cc3)N(CCCC)C2=O)cc1OC. The van der Waals surface area contributed by atoms with E-state index in [0.29, 0.717) is 23.8 Å². The van der Waals surface area contributed by atoms with Crippen molar-refractivity contribution in [2.45, 2.75) is 46.5 Å². The molecule has 1 fully saturated rings. The molecule has 1 aliphatic rings. The van der Waals surface area contributed by atoms with Gasteiger partial charge in [-0.05, 0) is 67.4 Å². The summed E-state index contributed by atoms with van der Waals surface area (Å²) in [6, 6.07) is 13.8. The highest BCUT2D eigenvalue weighted by Crippen LogP contribution is 2.36. The smallest absolute Gasteiger partial charge is 0.266 e. The van der Waals surface area contributed by atoms with Gasteiger partial charge >= 0.3 is 0 Å². The highest BCUT2D eigenvalue weighted by atomic mass is 32.2. The van der Waals surface area contributed by atoms with Crippen molar-refractivity contribution in [2.24, 2.45) is 4.99 Å². The zero-order chi connectivity index (χ0) is 22.9. The zero-order valence-corrected chi connectivity index (χ0v) is 20.2. The van der Waals surface area contributed by atoms with Crippen LogP contribution >= 0.6 is 11.8 Å². The second kappa shape index (κ2) is 11.8. The topological polar surface area (TPSA) is 51.1 Å². The number of benzene rings is 2. The molecule has 0 atom stereocenters. The summed E-state index contributed by atoms with van der Waals surface area (Å²) in [5, 5.41) is 0.727. The van der Waals surface area contributed by atoms with Gasteiger partial charge in [-0.1, -0.05) is 50.5 Å². The molecule has 0 aromatic heterocycles. The molecule has 0 bridgehead atoms. The Morgan fingerprint density at radius 3 is 2.47 bits per heavy atom. The maximum absolute atomic E-state index is 13.2. The number of aliphatic imine (C=N–C) groups is 1. The van der Waals surface area contributed by atoms with Crippen molar-refractivity contribution < 1.29 is 14.3 Å². The molecule has 1 aliphatic heterocycles. The molecule has 1 heterocycles. The summed E-state index contributed by atoms with van der Waals surface area (Å²) in [7, 11) is 1.63. The lowest BCUT2D eigenvalue weighted by Crippen LogP contribution is -2.30. The Morgan fingerprint density at radius 2 is 1.78 bits per heavy atom. The van der Waals surface area contributed by atoms with Crippen molar-refractivity contribution in [3.05, 3.63) is 58.5 Å². The molecule has 2 aromatic carbocycles. The minimum atomic E-state index is -0.00319. The van der Waals surface area contributed by atoms with E-state index in [1.807, 2.05) is 55.5 Å². The van der Waals surface area contributed by atoms with Crippen LogP contribution in [0, 0.1) is 6.92 Å². The minimum absolute atomic E-state index is 0.00319. The second-order valence-corrected chi connectivity index (χ2v) is 8.77. The van der Waals surface area contributed by atoms with Gasteiger partial charge < -0.3 is 9.47 Å². The molecule has 0 aliphatic carbocycles. The number of methoxy groups -OCH3 is 1. The number of unbranched alkanes of at least 4 members (excludes halogenated alkanes) is 2. The molecule has 2 aromatic rings. The predicted molar refractivity (Wildman–Crippen MR) is 134 cm³/mol. The van der Waals surface area contributed by atoms with E-state index >= 15 is 0 Å². The Hall–Kier alpha value is -2.73. The van der Waals surface area contributed by atoms with Crippen LogP contribution in [-0.2, 0) is 4.79 Å². The number of nitrogens with zero attached hydrogens (tertiary/aromatic N) is 2. The van der Waals surface area contributed by atoms with Crippen LogP contribution in [0.4, 0.5) is 5.69 Å². The lowest BCUT2D eigenvalue weighted by atomic mass is 10.2. The zero-order valence-electron chi connectivity index (χ0n) is 19.4. The molecule has 1 amide bonds. The minimum Gasteiger partial charge on any atom is -0.493 e. The Bertz CT molecular complexity index is 983. The molecule has 5 nitrogen and oxygen atoms in total. The summed E-state index contributed by atoms with van der Waals surface area (Å²) in [6.45, 7) is 7.63. The normalized spacial score (nSPS) is 16.2. The Morgan fingerprint density at radius 1 is 1.03 bits per heavy atom. The molecule has 32 heavy (non-hydrogen) atoms. The van der Waals surface area contributed by atoms with E-state index in [4.69, 9.17) is 14.5 Å². The first-order valence-electron chi connectivity index (χ1n) is 11.2. The summed E-state index contributed by atoms with van der Waals surface area (Å²) in [6.07, 6.45) is 5.93. The van der Waals surface area contributed by atoms with Gasteiger partial charge in [-0.15, -0.1) is 0 Å². The number of hydrogen-bond donors (Lipinski definition) is 0. The Kier molecular flexibility index (Phi) is 8.80. The number of aryl methyl sites for hydroxylation is 1. The summed E-state index contributed by atoms with van der Waals surface area (Å²) in [5.41, 5.74) is 2.93. The molecule has 0 N–H and O–H groups in total. The average molecular weight is 453 g/mol. The van der Waals surface area contributed by atoms with Gasteiger partial charge in [-0.25, -0.2) is 4.99 Å². The summed E-state index contributed by atoms with van der Waals surface area (Å²) in [4.78, 5) is 20.4. The lowest BCUT2D eigenvalue weighted by Gasteiger charge is -2.14. The maximum atomic E-state index is 13.2. The fourth-order valence-electron chi connectivity index (χ4n) is 3.21. The average Bonchev–Trinajstić information content (AvgIpc) is 3.08. The van der Waals surface area contributed by atoms with Crippen LogP contribution in [0.25, 0.3) is 6.08 Å². The fourth-order valence-corrected chi connectivity index (χ4v) is 4.23. The first kappa shape index (κ1) is 23.9. The quantitative estimate of drug-likeness (QED) is 0.301. The van der Waals surface area contributed by atoms with E-state index in [0.717, 1.165) is 47.9 Å². The number of rotatable bonds is 10. The summed E-state index contributed by atoms with van der Waals surface area (Å²) >= 11 is 1.42. The largest absolute Gasteiger partial charge is 0.493 e. The fraction of sp³-hybridized carbons (Fsp3) is 0.385. The number of ether oxygens (including phenoxy) is 2. The molecular weight excluding hydrogens is 420 g/mol. The number of hydrogen-bond acceptors (Lipinski definition) is 5. The molecule has 170 valence electrons. The van der Waals surface area contributed by atoms with Crippen molar-refractivity contribution in [2.75, 3.05) is 20.3 Å². The molecule has 0 unspecified atom stereocenters. The Labute approximate surface area is 195 Å². The predicted octanol–water partition coefficient (Wildman–Crippen LogP) is 6.59. The van der Waals surface area contributed by atoms with Gasteiger partial charge in [0.1, 0.15) is 0 Å². The number of amides is 1. The van der Waals surface area contributed by atoms with Gasteiger partial charge in [0.15, 0.2) is 16.7 Å². The third-order valence-electron chi connectivity index (χ3n) is 5.12. The summed E-state index contributed by atoms with van der Waals surface area (Å²) < 4.78 is 11.3. The van der Waals surface area contributed by atoms with Gasteiger partial charge in [0.05, 0.1) is 24.3 Å². The monoisotopic (exact) mass is 452 g/mol. The van der Waals surface area contributed by atoms with Crippen molar-refractivity contribution in [1.82, 2.24) is 4.90 Å². The van der Waals surface area contributed by atoms with Crippen LogP contribution in [0.3, 0.4) is 0 Å². The van der Waals surface area contributed by atoms with Crippen LogP contribution in [-0.4, -0.2) is 36.2 Å². The van der Waals surface area contributed by atoms with E-state index in [1.165, 1.54) is 17.3 Å². The first-order chi connectivity index (χ1) is 15.5. The van der Waals surface area contributed by atoms with Gasteiger partial charge in [0, 0.05) is 6.54 Å². The standard InChI is InChI=1S/C26H32N2O3S/c1-5-7-15-28-25(29)24(32-26(28)27-21-12-9-19(3)10-13-21)18-20-11-14-22(23(17-20)30-4)31-16-8-6-2/h9-14,17-18H,5-8,15-16H2,1-4H3/b24-18+,27-26?. The molecule has 0 radical (unpaired) electrons. The number of amidine groups is 1. The number of carbonyl (C=O) groups is 1. The van der Waals surface area contributed by atoms with Crippen LogP contribution in [0.2, 0.25) is 0 Å². The molecule has 6 heteroatoms. The van der Waals surface area contributed by atoms with E-state index in [9.17, 15) is 4.79 Å². The number of carbonyl (C=O) groups excluding carboxylic acids is 1. The molecule has 0 spiro atoms. The maximum Gasteiger partial charge on any atom is 0.266 e. The molecule has 1 saturated heterocycles. The highest BCUT2D eigenvalue weighted by Gasteiger charge is 2.33.